The van der Waals surface area contributed by atoms with Gasteiger partial charge in [-0.1, -0.05) is 35.9 Å². The first-order valence-electron chi connectivity index (χ1n) is 8.46. The van der Waals surface area contributed by atoms with E-state index in [-0.39, 0.29) is 0 Å². The largest absolute Gasteiger partial charge is 0.419 e. The summed E-state index contributed by atoms with van der Waals surface area (Å²) in [7, 11) is 0. The molecular weight excluding hydrogens is 348 g/mol. The Labute approximate surface area is 157 Å². The highest BCUT2D eigenvalue weighted by Crippen LogP contribution is 2.29. The van der Waals surface area contributed by atoms with Crippen LogP contribution in [0.4, 0.5) is 11.6 Å². The van der Waals surface area contributed by atoms with Crippen LogP contribution in [0.3, 0.4) is 0 Å². The van der Waals surface area contributed by atoms with Gasteiger partial charge in [0, 0.05) is 42.5 Å². The summed E-state index contributed by atoms with van der Waals surface area (Å²) in [6.45, 7) is 3.16. The number of rotatable bonds is 3. The van der Waals surface area contributed by atoms with Crippen molar-refractivity contribution in [1.82, 2.24) is 4.98 Å². The van der Waals surface area contributed by atoms with Gasteiger partial charge in [-0.15, -0.1) is 0 Å². The first-order valence-corrected chi connectivity index (χ1v) is 8.84. The molecule has 2 aromatic carbocycles. The minimum atomic E-state index is 0.333. The fourth-order valence-corrected chi connectivity index (χ4v) is 3.33. The van der Waals surface area contributed by atoms with Crippen molar-refractivity contribution in [3.05, 3.63) is 65.3 Å². The second-order valence-electron chi connectivity index (χ2n) is 6.10. The molecule has 0 N–H and O–H groups in total. The summed E-state index contributed by atoms with van der Waals surface area (Å²) in [6, 6.07) is 19.7. The van der Waals surface area contributed by atoms with Gasteiger partial charge in [0.2, 0.25) is 17.5 Å². The van der Waals surface area contributed by atoms with Crippen molar-refractivity contribution in [3.8, 4) is 17.5 Å². The molecule has 0 bridgehead atoms. The topological polar surface area (TPSA) is 56.3 Å². The van der Waals surface area contributed by atoms with Crippen LogP contribution >= 0.6 is 11.6 Å². The molecule has 5 nitrogen and oxygen atoms in total. The number of halogens is 1. The van der Waals surface area contributed by atoms with Crippen LogP contribution in [0.2, 0.25) is 5.02 Å². The number of hydrogen-bond donors (Lipinski definition) is 0. The normalized spacial score (nSPS) is 14.3. The molecule has 0 amide bonds. The molecule has 1 fully saturated rings. The Balaban J connectivity index is 1.53. The Bertz CT molecular complexity index is 940. The Kier molecular flexibility index (Phi) is 4.51. The molecule has 0 unspecified atom stereocenters. The minimum Gasteiger partial charge on any atom is -0.419 e. The van der Waals surface area contributed by atoms with Crippen LogP contribution in [0.1, 0.15) is 5.69 Å². The zero-order valence-corrected chi connectivity index (χ0v) is 14.9. The molecule has 0 spiro atoms. The number of hydrogen-bond acceptors (Lipinski definition) is 5. The monoisotopic (exact) mass is 364 g/mol. The van der Waals surface area contributed by atoms with E-state index in [0.717, 1.165) is 42.5 Å². The summed E-state index contributed by atoms with van der Waals surface area (Å²) >= 11 is 6.09. The number of aromatic nitrogens is 1. The number of nitrogens with zero attached hydrogens (tertiary/aromatic N) is 4. The van der Waals surface area contributed by atoms with Gasteiger partial charge in [-0.05, 0) is 30.3 Å². The third kappa shape index (κ3) is 3.24. The molecule has 1 saturated heterocycles. The Morgan fingerprint density at radius 1 is 0.962 bits per heavy atom. The molecule has 1 aromatic heterocycles. The molecule has 0 saturated carbocycles. The molecule has 0 radical (unpaired) electrons. The van der Waals surface area contributed by atoms with E-state index >= 15 is 0 Å². The molecule has 1 aliphatic heterocycles. The van der Waals surface area contributed by atoms with Gasteiger partial charge in [0.25, 0.3) is 0 Å². The second-order valence-corrected chi connectivity index (χ2v) is 6.54. The molecule has 130 valence electrons. The first kappa shape index (κ1) is 16.5. The Hall–Kier alpha value is -2.97. The van der Waals surface area contributed by atoms with Gasteiger partial charge in [0.1, 0.15) is 6.07 Å². The van der Waals surface area contributed by atoms with Crippen LogP contribution in [0.25, 0.3) is 11.5 Å². The predicted molar refractivity (Wildman–Crippen MR) is 103 cm³/mol. The molecule has 26 heavy (non-hydrogen) atoms. The quantitative estimate of drug-likeness (QED) is 0.697. The summed E-state index contributed by atoms with van der Waals surface area (Å²) in [5, 5.41) is 10.2. The van der Waals surface area contributed by atoms with Crippen molar-refractivity contribution >= 4 is 23.2 Å². The van der Waals surface area contributed by atoms with Gasteiger partial charge in [0.15, 0.2) is 0 Å². The molecule has 4 rings (SSSR count). The molecule has 0 aliphatic carbocycles. The molecular formula is C20H17ClN4O. The van der Waals surface area contributed by atoms with Crippen molar-refractivity contribution in [2.24, 2.45) is 0 Å². The highest BCUT2D eigenvalue weighted by atomic mass is 35.5. The van der Waals surface area contributed by atoms with Gasteiger partial charge in [-0.25, -0.2) is 0 Å². The van der Waals surface area contributed by atoms with Crippen molar-refractivity contribution in [3.63, 3.8) is 0 Å². The Morgan fingerprint density at radius 2 is 1.69 bits per heavy atom. The third-order valence-electron chi connectivity index (χ3n) is 4.48. The smallest absolute Gasteiger partial charge is 0.235 e. The second kappa shape index (κ2) is 7.11. The lowest BCUT2D eigenvalue weighted by atomic mass is 10.2. The average Bonchev–Trinajstić information content (AvgIpc) is 3.13. The van der Waals surface area contributed by atoms with Crippen molar-refractivity contribution < 1.29 is 4.42 Å². The number of nitriles is 1. The van der Waals surface area contributed by atoms with Crippen molar-refractivity contribution in [1.29, 1.82) is 5.26 Å². The summed E-state index contributed by atoms with van der Waals surface area (Å²) in [6.07, 6.45) is 0. The number of piperazine rings is 1. The lowest BCUT2D eigenvalue weighted by molar-refractivity contribution is 0.531. The average molecular weight is 365 g/mol. The molecule has 0 atom stereocenters. The predicted octanol–water partition coefficient (Wildman–Crippen LogP) is 4.19. The van der Waals surface area contributed by atoms with E-state index in [2.05, 4.69) is 26.9 Å². The van der Waals surface area contributed by atoms with E-state index in [0.29, 0.717) is 17.5 Å². The number of benzene rings is 2. The van der Waals surface area contributed by atoms with Crippen molar-refractivity contribution in [2.45, 2.75) is 0 Å². The van der Waals surface area contributed by atoms with E-state index < -0.39 is 0 Å². The van der Waals surface area contributed by atoms with E-state index in [9.17, 15) is 5.26 Å². The SMILES string of the molecule is N#Cc1nc(-c2ccccc2)oc1N1CCN(c2cccc(Cl)c2)CC1. The number of anilines is 2. The van der Waals surface area contributed by atoms with Gasteiger partial charge < -0.3 is 14.2 Å². The lowest BCUT2D eigenvalue weighted by Gasteiger charge is -2.35. The molecule has 2 heterocycles. The highest BCUT2D eigenvalue weighted by Gasteiger charge is 2.24. The molecule has 1 aliphatic rings. The fourth-order valence-electron chi connectivity index (χ4n) is 3.14. The maximum absolute atomic E-state index is 9.45. The van der Waals surface area contributed by atoms with E-state index in [1.165, 1.54) is 0 Å². The molecule has 6 heteroatoms. The lowest BCUT2D eigenvalue weighted by Crippen LogP contribution is -2.46. The van der Waals surface area contributed by atoms with Gasteiger partial charge in [-0.3, -0.25) is 0 Å². The van der Waals surface area contributed by atoms with Crippen LogP contribution in [-0.2, 0) is 0 Å². The summed E-state index contributed by atoms with van der Waals surface area (Å²) in [4.78, 5) is 8.73. The zero-order valence-electron chi connectivity index (χ0n) is 14.1. The zero-order chi connectivity index (χ0) is 17.9. The van der Waals surface area contributed by atoms with Crippen LogP contribution in [-0.4, -0.2) is 31.2 Å². The summed E-state index contributed by atoms with van der Waals surface area (Å²) < 4.78 is 5.94. The molecule has 3 aromatic rings. The van der Waals surface area contributed by atoms with Crippen molar-refractivity contribution in [2.75, 3.05) is 36.0 Å². The van der Waals surface area contributed by atoms with Gasteiger partial charge in [-0.2, -0.15) is 10.2 Å². The summed E-state index contributed by atoms with van der Waals surface area (Å²) in [5.74, 6) is 1.03. The highest BCUT2D eigenvalue weighted by molar-refractivity contribution is 6.30. The van der Waals surface area contributed by atoms with E-state index in [4.69, 9.17) is 16.0 Å². The van der Waals surface area contributed by atoms with Crippen LogP contribution in [0, 0.1) is 11.3 Å². The van der Waals surface area contributed by atoms with Crippen LogP contribution < -0.4 is 9.80 Å². The first-order chi connectivity index (χ1) is 12.7. The van der Waals surface area contributed by atoms with E-state index in [1.807, 2.05) is 48.5 Å². The van der Waals surface area contributed by atoms with Gasteiger partial charge >= 0.3 is 0 Å². The van der Waals surface area contributed by atoms with Crippen LogP contribution in [0.15, 0.2) is 59.0 Å². The fraction of sp³-hybridized carbons (Fsp3) is 0.200. The third-order valence-corrected chi connectivity index (χ3v) is 4.71. The maximum atomic E-state index is 9.45. The Morgan fingerprint density at radius 3 is 2.38 bits per heavy atom. The minimum absolute atomic E-state index is 0.333. The van der Waals surface area contributed by atoms with E-state index in [1.54, 1.807) is 0 Å². The number of oxazole rings is 1. The summed E-state index contributed by atoms with van der Waals surface area (Å²) in [5.41, 5.74) is 2.31. The standard InChI is InChI=1S/C20H17ClN4O/c21-16-7-4-8-17(13-16)24-9-11-25(12-10-24)20-18(14-22)23-19(26-20)15-5-2-1-3-6-15/h1-8,13H,9-12H2. The van der Waals surface area contributed by atoms with Gasteiger partial charge in [0.05, 0.1) is 0 Å². The van der Waals surface area contributed by atoms with Crippen LogP contribution in [0.5, 0.6) is 0 Å². The maximum Gasteiger partial charge on any atom is 0.235 e.